The predicted molar refractivity (Wildman–Crippen MR) is 78.9 cm³/mol. The van der Waals surface area contributed by atoms with Crippen molar-refractivity contribution in [2.45, 2.75) is 18.9 Å². The quantitative estimate of drug-likeness (QED) is 0.891. The zero-order valence-electron chi connectivity index (χ0n) is 11.8. The molecule has 3 rings (SSSR count). The van der Waals surface area contributed by atoms with Gasteiger partial charge in [-0.15, -0.1) is 0 Å². The van der Waals surface area contributed by atoms with Crippen LogP contribution in [-0.4, -0.2) is 38.1 Å². The number of benzene rings is 1. The molecule has 2 aliphatic heterocycles. The molecule has 2 aliphatic rings. The summed E-state index contributed by atoms with van der Waals surface area (Å²) in [6.45, 7) is 2.50. The molecule has 0 radical (unpaired) electrons. The van der Waals surface area contributed by atoms with Crippen LogP contribution in [0.25, 0.3) is 0 Å². The zero-order valence-corrected chi connectivity index (χ0v) is 12.6. The van der Waals surface area contributed by atoms with Crippen molar-refractivity contribution in [3.63, 3.8) is 0 Å². The van der Waals surface area contributed by atoms with Crippen LogP contribution in [0.1, 0.15) is 24.5 Å². The molecule has 2 atom stereocenters. The first-order valence-corrected chi connectivity index (χ1v) is 7.59. The smallest absolute Gasteiger partial charge is 0.179 e. The molecule has 116 valence electrons. The maximum absolute atomic E-state index is 10.8. The number of nitrogens with two attached hydrogens (primary N) is 1. The molecule has 6 heteroatoms. The Kier molecular flexibility index (Phi) is 4.26. The van der Waals surface area contributed by atoms with Crippen LogP contribution in [0.3, 0.4) is 0 Å². The van der Waals surface area contributed by atoms with E-state index in [0.29, 0.717) is 48.5 Å². The van der Waals surface area contributed by atoms with Gasteiger partial charge < -0.3 is 25.1 Å². The van der Waals surface area contributed by atoms with E-state index < -0.39 is 11.5 Å². The second kappa shape index (κ2) is 6.01. The van der Waals surface area contributed by atoms with Crippen LogP contribution in [0.4, 0.5) is 0 Å². The Labute approximate surface area is 128 Å². The summed E-state index contributed by atoms with van der Waals surface area (Å²) in [4.78, 5) is 0. The molecule has 21 heavy (non-hydrogen) atoms. The van der Waals surface area contributed by atoms with Crippen LogP contribution in [0.15, 0.2) is 12.1 Å². The molecule has 3 N–H and O–H groups in total. The van der Waals surface area contributed by atoms with Gasteiger partial charge in [0, 0.05) is 18.6 Å². The van der Waals surface area contributed by atoms with Crippen molar-refractivity contribution < 1.29 is 19.3 Å². The Balaban J connectivity index is 1.93. The molecule has 2 heterocycles. The Hall–Kier alpha value is -1.01. The lowest BCUT2D eigenvalue weighted by Gasteiger charge is -2.40. The van der Waals surface area contributed by atoms with Crippen molar-refractivity contribution in [3.05, 3.63) is 22.7 Å². The molecule has 2 unspecified atom stereocenters. The summed E-state index contributed by atoms with van der Waals surface area (Å²) in [7, 11) is 0. The van der Waals surface area contributed by atoms with E-state index in [9.17, 15) is 5.11 Å². The molecule has 1 fully saturated rings. The number of rotatable bonds is 3. The summed E-state index contributed by atoms with van der Waals surface area (Å²) in [5.74, 6) is 1.12. The van der Waals surface area contributed by atoms with E-state index in [-0.39, 0.29) is 0 Å². The zero-order chi connectivity index (χ0) is 14.9. The van der Waals surface area contributed by atoms with Crippen LogP contribution in [0, 0.1) is 5.41 Å². The minimum atomic E-state index is -0.740. The van der Waals surface area contributed by atoms with Gasteiger partial charge in [0.1, 0.15) is 13.2 Å². The van der Waals surface area contributed by atoms with Gasteiger partial charge in [-0.3, -0.25) is 0 Å². The van der Waals surface area contributed by atoms with Crippen LogP contribution in [0.2, 0.25) is 5.02 Å². The lowest BCUT2D eigenvalue weighted by atomic mass is 9.75. The molecule has 1 saturated heterocycles. The SMILES string of the molecule is NCC1(C(O)c2cc(Cl)c3c(c2)OCCO3)CCCOC1. The van der Waals surface area contributed by atoms with E-state index >= 15 is 0 Å². The lowest BCUT2D eigenvalue weighted by Crippen LogP contribution is -2.43. The summed E-state index contributed by atoms with van der Waals surface area (Å²) < 4.78 is 16.6. The van der Waals surface area contributed by atoms with Gasteiger partial charge in [-0.25, -0.2) is 0 Å². The largest absolute Gasteiger partial charge is 0.486 e. The van der Waals surface area contributed by atoms with E-state index in [0.717, 1.165) is 19.4 Å². The number of ether oxygens (including phenoxy) is 3. The van der Waals surface area contributed by atoms with Gasteiger partial charge in [0.05, 0.1) is 17.7 Å². The molecule has 0 amide bonds. The van der Waals surface area contributed by atoms with Crippen LogP contribution >= 0.6 is 11.6 Å². The summed E-state index contributed by atoms with van der Waals surface area (Å²) in [6.07, 6.45) is 0.986. The monoisotopic (exact) mass is 313 g/mol. The molecule has 1 aromatic carbocycles. The van der Waals surface area contributed by atoms with Crippen molar-refractivity contribution in [3.8, 4) is 11.5 Å². The number of hydrogen-bond donors (Lipinski definition) is 2. The van der Waals surface area contributed by atoms with E-state index in [1.54, 1.807) is 12.1 Å². The molecule has 1 aromatic rings. The Morgan fingerprint density at radius 3 is 2.81 bits per heavy atom. The minimum Gasteiger partial charge on any atom is -0.486 e. The first-order valence-electron chi connectivity index (χ1n) is 7.21. The maximum Gasteiger partial charge on any atom is 0.179 e. The first-order chi connectivity index (χ1) is 10.2. The van der Waals surface area contributed by atoms with Gasteiger partial charge >= 0.3 is 0 Å². The van der Waals surface area contributed by atoms with Crippen molar-refractivity contribution in [2.75, 3.05) is 33.0 Å². The number of aliphatic hydroxyl groups excluding tert-OH is 1. The third-order valence-corrected chi connectivity index (χ3v) is 4.56. The Morgan fingerprint density at radius 2 is 2.10 bits per heavy atom. The number of halogens is 1. The van der Waals surface area contributed by atoms with Crippen LogP contribution in [0.5, 0.6) is 11.5 Å². The average Bonchev–Trinajstić information content (AvgIpc) is 2.54. The Bertz CT molecular complexity index is 517. The topological polar surface area (TPSA) is 73.9 Å². The average molecular weight is 314 g/mol. The maximum atomic E-state index is 10.8. The standard InChI is InChI=1S/C15H20ClNO4/c16-11-6-10(7-12-13(11)21-5-4-20-12)14(18)15(8-17)2-1-3-19-9-15/h6-7,14,18H,1-5,8-9,17H2. The number of aliphatic hydroxyl groups is 1. The second-order valence-electron chi connectivity index (χ2n) is 5.65. The molecular formula is C15H20ClNO4. The van der Waals surface area contributed by atoms with E-state index in [4.69, 9.17) is 31.5 Å². The summed E-state index contributed by atoms with van der Waals surface area (Å²) in [5, 5.41) is 11.3. The summed E-state index contributed by atoms with van der Waals surface area (Å²) in [6, 6.07) is 3.52. The summed E-state index contributed by atoms with van der Waals surface area (Å²) >= 11 is 6.24. The fourth-order valence-electron chi connectivity index (χ4n) is 3.00. The van der Waals surface area contributed by atoms with Gasteiger partial charge in [0.2, 0.25) is 0 Å². The molecule has 0 bridgehead atoms. The van der Waals surface area contributed by atoms with Gasteiger partial charge in [0.25, 0.3) is 0 Å². The van der Waals surface area contributed by atoms with Gasteiger partial charge in [-0.1, -0.05) is 11.6 Å². The lowest BCUT2D eigenvalue weighted by molar-refractivity contribution is -0.0782. The fourth-order valence-corrected chi connectivity index (χ4v) is 3.28. The van der Waals surface area contributed by atoms with Crippen molar-refractivity contribution in [1.82, 2.24) is 0 Å². The first kappa shape index (κ1) is 14.9. The molecule has 5 nitrogen and oxygen atoms in total. The van der Waals surface area contributed by atoms with Gasteiger partial charge in [-0.2, -0.15) is 0 Å². The highest BCUT2D eigenvalue weighted by Gasteiger charge is 2.40. The summed E-state index contributed by atoms with van der Waals surface area (Å²) in [5.41, 5.74) is 6.15. The fraction of sp³-hybridized carbons (Fsp3) is 0.600. The number of fused-ring (bicyclic) bond motifs is 1. The third kappa shape index (κ3) is 2.71. The van der Waals surface area contributed by atoms with Crippen LogP contribution in [-0.2, 0) is 4.74 Å². The molecule has 0 aromatic heterocycles. The minimum absolute atomic E-state index is 0.361. The van der Waals surface area contributed by atoms with Crippen LogP contribution < -0.4 is 15.2 Å². The number of hydrogen-bond acceptors (Lipinski definition) is 5. The second-order valence-corrected chi connectivity index (χ2v) is 6.06. The molecule has 0 saturated carbocycles. The Morgan fingerprint density at radius 1 is 1.29 bits per heavy atom. The van der Waals surface area contributed by atoms with Gasteiger partial charge in [0.15, 0.2) is 11.5 Å². The van der Waals surface area contributed by atoms with E-state index in [1.165, 1.54) is 0 Å². The normalized spacial score (nSPS) is 26.4. The van der Waals surface area contributed by atoms with E-state index in [1.807, 2.05) is 0 Å². The van der Waals surface area contributed by atoms with Crippen molar-refractivity contribution in [2.24, 2.45) is 11.1 Å². The molecule has 0 aliphatic carbocycles. The molecule has 0 spiro atoms. The highest BCUT2D eigenvalue weighted by molar-refractivity contribution is 6.32. The predicted octanol–water partition coefficient (Wildman–Crippen LogP) is 1.90. The third-order valence-electron chi connectivity index (χ3n) is 4.27. The highest BCUT2D eigenvalue weighted by Crippen LogP contribution is 2.45. The highest BCUT2D eigenvalue weighted by atomic mass is 35.5. The van der Waals surface area contributed by atoms with Crippen molar-refractivity contribution >= 4 is 11.6 Å². The van der Waals surface area contributed by atoms with Crippen molar-refractivity contribution in [1.29, 1.82) is 0 Å². The molecular weight excluding hydrogens is 294 g/mol. The van der Waals surface area contributed by atoms with E-state index in [2.05, 4.69) is 0 Å². The van der Waals surface area contributed by atoms with Gasteiger partial charge in [-0.05, 0) is 30.5 Å².